The van der Waals surface area contributed by atoms with Crippen LogP contribution in [0.15, 0.2) is 16.8 Å². The third kappa shape index (κ3) is 5.63. The van der Waals surface area contributed by atoms with Crippen LogP contribution in [0.5, 0.6) is 0 Å². The molecule has 2 amide bonds. The summed E-state index contributed by atoms with van der Waals surface area (Å²) in [6, 6.07) is -2.44. The van der Waals surface area contributed by atoms with E-state index in [0.717, 1.165) is 50.7 Å². The number of oxime groups is 1. The summed E-state index contributed by atoms with van der Waals surface area (Å²) >= 11 is 0. The molecule has 0 spiro atoms. The van der Waals surface area contributed by atoms with Crippen LogP contribution < -0.4 is 10.6 Å². The first kappa shape index (κ1) is 31.0. The van der Waals surface area contributed by atoms with Gasteiger partial charge in [0.1, 0.15) is 17.7 Å². The quantitative estimate of drug-likeness (QED) is 0.210. The predicted molar refractivity (Wildman–Crippen MR) is 152 cm³/mol. The fourth-order valence-electron chi connectivity index (χ4n) is 8.27. The molecule has 3 fully saturated rings. The molecule has 0 heterocycles. The van der Waals surface area contributed by atoms with Crippen molar-refractivity contribution in [3.05, 3.63) is 11.6 Å². The lowest BCUT2D eigenvalue weighted by Crippen LogP contribution is -2.55. The number of nitrogens with zero attached hydrogens (tertiary/aromatic N) is 1. The lowest BCUT2D eigenvalue weighted by molar-refractivity contribution is -0.143. The van der Waals surface area contributed by atoms with E-state index < -0.39 is 42.1 Å². The van der Waals surface area contributed by atoms with Crippen molar-refractivity contribution in [1.82, 2.24) is 10.6 Å². The number of carbonyl (C=O) groups excluding carboxylic acids is 2. The number of amides is 2. The number of fused-ring (bicyclic) bond motifs is 5. The van der Waals surface area contributed by atoms with Crippen LogP contribution >= 0.6 is 0 Å². The van der Waals surface area contributed by atoms with Gasteiger partial charge in [-0.2, -0.15) is 0 Å². The van der Waals surface area contributed by atoms with E-state index in [-0.39, 0.29) is 23.4 Å². The van der Waals surface area contributed by atoms with Gasteiger partial charge in [-0.05, 0) is 86.5 Å². The molecule has 0 saturated heterocycles. The van der Waals surface area contributed by atoms with Gasteiger partial charge in [-0.15, -0.1) is 6.42 Å². The average molecular weight is 572 g/mol. The minimum atomic E-state index is -1.45. The Morgan fingerprint density at radius 2 is 1.83 bits per heavy atom. The number of aliphatic hydroxyl groups excluding tert-OH is 1. The summed E-state index contributed by atoms with van der Waals surface area (Å²) in [7, 11) is 0. The van der Waals surface area contributed by atoms with Crippen molar-refractivity contribution in [1.29, 1.82) is 0 Å². The summed E-state index contributed by atoms with van der Waals surface area (Å²) in [4.78, 5) is 41.5. The van der Waals surface area contributed by atoms with Crippen LogP contribution in [0.2, 0.25) is 0 Å². The largest absolute Gasteiger partial charge is 0.480 e. The van der Waals surface area contributed by atoms with Crippen molar-refractivity contribution in [3.63, 3.8) is 0 Å². The lowest BCUT2D eigenvalue weighted by Gasteiger charge is -2.58. The summed E-state index contributed by atoms with van der Waals surface area (Å²) in [6.45, 7) is 6.86. The Balaban J connectivity index is 1.36. The monoisotopic (exact) mass is 571 g/mol. The van der Waals surface area contributed by atoms with Gasteiger partial charge in [-0.3, -0.25) is 9.59 Å². The van der Waals surface area contributed by atoms with Crippen LogP contribution in [-0.2, 0) is 19.2 Å². The number of rotatable bonds is 9. The van der Waals surface area contributed by atoms with Gasteiger partial charge in [0.05, 0.1) is 12.3 Å². The van der Waals surface area contributed by atoms with Crippen LogP contribution in [0.3, 0.4) is 0 Å². The predicted octanol–water partition coefficient (Wildman–Crippen LogP) is 2.39. The molecule has 10 heteroatoms. The zero-order valence-electron chi connectivity index (χ0n) is 24.6. The highest BCUT2D eigenvalue weighted by molar-refractivity contribution is 5.96. The number of carboxylic acids is 1. The Morgan fingerprint density at radius 1 is 1.12 bits per heavy atom. The zero-order valence-corrected chi connectivity index (χ0v) is 24.6. The van der Waals surface area contributed by atoms with E-state index in [1.54, 1.807) is 13.8 Å². The Hall–Kier alpha value is -2.90. The fourth-order valence-corrected chi connectivity index (χ4v) is 8.27. The number of hydrogen-bond acceptors (Lipinski definition) is 7. The van der Waals surface area contributed by atoms with Gasteiger partial charge >= 0.3 is 5.97 Å². The number of allylic oxidation sites excluding steroid dienone is 2. The molecule has 4 aliphatic carbocycles. The molecule has 5 N–H and O–H groups in total. The van der Waals surface area contributed by atoms with Gasteiger partial charge in [0.2, 0.25) is 5.91 Å². The first-order valence-electron chi connectivity index (χ1n) is 14.8. The smallest absolute Gasteiger partial charge is 0.328 e. The number of nitrogens with one attached hydrogen (secondary N) is 2. The molecule has 4 rings (SSSR count). The molecule has 0 aliphatic heterocycles. The van der Waals surface area contributed by atoms with Gasteiger partial charge in [-0.25, -0.2) is 4.79 Å². The van der Waals surface area contributed by atoms with E-state index in [9.17, 15) is 19.5 Å². The maximum Gasteiger partial charge on any atom is 0.328 e. The zero-order chi connectivity index (χ0) is 30.2. The van der Waals surface area contributed by atoms with Gasteiger partial charge in [0, 0.05) is 5.41 Å². The molecule has 0 bridgehead atoms. The van der Waals surface area contributed by atoms with Crippen molar-refractivity contribution in [2.75, 3.05) is 13.2 Å². The van der Waals surface area contributed by atoms with Crippen molar-refractivity contribution < 1.29 is 34.5 Å². The van der Waals surface area contributed by atoms with Gasteiger partial charge in [0.25, 0.3) is 5.91 Å². The van der Waals surface area contributed by atoms with Crippen molar-refractivity contribution >= 4 is 23.5 Å². The maximum atomic E-state index is 12.5. The van der Waals surface area contributed by atoms with Crippen LogP contribution in [-0.4, -0.2) is 69.7 Å². The van der Waals surface area contributed by atoms with Crippen LogP contribution in [0.25, 0.3) is 0 Å². The Morgan fingerprint density at radius 3 is 2.46 bits per heavy atom. The normalized spacial score (nSPS) is 36.6. The molecule has 0 radical (unpaired) electrons. The molecule has 8 atom stereocenters. The first-order chi connectivity index (χ1) is 19.3. The molecule has 10 nitrogen and oxygen atoms in total. The number of terminal acetylenes is 1. The molecule has 41 heavy (non-hydrogen) atoms. The second-order valence-electron chi connectivity index (χ2n) is 13.2. The number of aliphatic hydroxyl groups is 2. The molecule has 0 aromatic heterocycles. The van der Waals surface area contributed by atoms with Crippen LogP contribution in [0.4, 0.5) is 0 Å². The SMILES string of the molecule is C#C[C@@]1(O)CC[C@@H]2[C@@H]3CCC4=C/C(=N/OCC(=O)N[C@@H](C(=O)N[C@@H](CO)C(=O)O)C(C)C)CC[C@]4(C)[C@@H]3CC[C@@]21C. The number of carbonyl (C=O) groups is 3. The maximum absolute atomic E-state index is 12.5. The van der Waals surface area contributed by atoms with E-state index in [1.807, 2.05) is 0 Å². The fraction of sp³-hybridized carbons (Fsp3) is 0.742. The van der Waals surface area contributed by atoms with Crippen molar-refractivity contribution in [2.45, 2.75) is 96.7 Å². The molecule has 0 aromatic carbocycles. The Bertz CT molecular complexity index is 1160. The molecule has 0 aromatic rings. The topological polar surface area (TPSA) is 158 Å². The van der Waals surface area contributed by atoms with Crippen molar-refractivity contribution in [2.24, 2.45) is 39.7 Å². The highest BCUT2D eigenvalue weighted by atomic mass is 16.6. The average Bonchev–Trinajstić information content (AvgIpc) is 3.20. The molecular formula is C31H45N3O7. The lowest BCUT2D eigenvalue weighted by atomic mass is 9.46. The molecule has 0 unspecified atom stereocenters. The highest BCUT2D eigenvalue weighted by Gasteiger charge is 2.63. The van der Waals surface area contributed by atoms with E-state index in [2.05, 4.69) is 41.6 Å². The number of carboxylic acid groups (broad SMARTS) is 1. The van der Waals surface area contributed by atoms with Crippen LogP contribution in [0, 0.1) is 46.8 Å². The van der Waals surface area contributed by atoms with Gasteiger partial charge < -0.3 is 30.8 Å². The summed E-state index contributed by atoms with van der Waals surface area (Å²) < 4.78 is 0. The van der Waals surface area contributed by atoms with E-state index in [4.69, 9.17) is 21.5 Å². The first-order valence-corrected chi connectivity index (χ1v) is 14.8. The van der Waals surface area contributed by atoms with Crippen LogP contribution in [0.1, 0.15) is 79.1 Å². The summed E-state index contributed by atoms with van der Waals surface area (Å²) in [6.07, 6.45) is 15.3. The Kier molecular flexibility index (Phi) is 8.91. The highest BCUT2D eigenvalue weighted by Crippen LogP contribution is 2.67. The molecule has 3 saturated carbocycles. The van der Waals surface area contributed by atoms with E-state index in [1.165, 1.54) is 5.57 Å². The second-order valence-corrected chi connectivity index (χ2v) is 13.2. The molecular weight excluding hydrogens is 526 g/mol. The van der Waals surface area contributed by atoms with E-state index in [0.29, 0.717) is 24.2 Å². The number of hydrogen-bond donors (Lipinski definition) is 5. The Labute approximate surface area is 242 Å². The van der Waals surface area contributed by atoms with Gasteiger partial charge in [0.15, 0.2) is 6.61 Å². The molecule has 226 valence electrons. The number of aliphatic carboxylic acids is 1. The summed E-state index contributed by atoms with van der Waals surface area (Å²) in [5, 5.41) is 38.5. The third-order valence-electron chi connectivity index (χ3n) is 10.8. The summed E-state index contributed by atoms with van der Waals surface area (Å²) in [5.41, 5.74) is 1.01. The van der Waals surface area contributed by atoms with Crippen molar-refractivity contribution in [3.8, 4) is 12.3 Å². The van der Waals surface area contributed by atoms with Gasteiger partial charge in [-0.1, -0.05) is 44.3 Å². The minimum absolute atomic E-state index is 0.0672. The second kappa shape index (κ2) is 11.8. The third-order valence-corrected chi connectivity index (χ3v) is 10.8. The van der Waals surface area contributed by atoms with E-state index >= 15 is 0 Å². The molecule has 4 aliphatic rings. The summed E-state index contributed by atoms with van der Waals surface area (Å²) in [5.74, 6) is 1.33. The standard InChI is InChI=1S/C31H45N3O7/c1-6-31(40)14-11-23-21-8-7-19-15-20(9-12-29(19,4)22(21)10-13-30(23,31)5)34-41-17-25(36)33-26(18(2)3)27(37)32-24(16-35)28(38)39/h1,15,18,21-24,26,35,40H,7-14,16-17H2,2-5H3,(H,32,37)(H,33,36)(H,38,39)/b34-20+/t21-,22-,23-,24+,26-,29+,30+,31-/m1/s1. The minimum Gasteiger partial charge on any atom is -0.480 e.